The van der Waals surface area contributed by atoms with Crippen molar-refractivity contribution in [3.8, 4) is 0 Å². The van der Waals surface area contributed by atoms with Gasteiger partial charge in [0.15, 0.2) is 0 Å². The number of nitrogens with zero attached hydrogens (tertiary/aromatic N) is 1. The molecule has 108 valence electrons. The number of rotatable bonds is 4. The highest BCUT2D eigenvalue weighted by atomic mass is 19.1. The molecule has 1 fully saturated rings. The summed E-state index contributed by atoms with van der Waals surface area (Å²) in [7, 11) is 0. The summed E-state index contributed by atoms with van der Waals surface area (Å²) in [6.07, 6.45) is 1.93. The minimum Gasteiger partial charge on any atom is -0.352 e. The first-order chi connectivity index (χ1) is 9.58. The summed E-state index contributed by atoms with van der Waals surface area (Å²) in [5, 5.41) is 16.7. The van der Waals surface area contributed by atoms with Crippen LogP contribution in [0.5, 0.6) is 0 Å². The Kier molecular flexibility index (Phi) is 4.62. The summed E-state index contributed by atoms with van der Waals surface area (Å²) in [5.41, 5.74) is -0.613. The molecule has 2 rings (SSSR count). The number of hydrogen-bond acceptors (Lipinski definition) is 4. The molecule has 1 heterocycles. The average molecular weight is 281 g/mol. The molecule has 2 N–H and O–H groups in total. The second kappa shape index (κ2) is 6.42. The molecule has 1 aromatic rings. The van der Waals surface area contributed by atoms with E-state index in [2.05, 4.69) is 10.6 Å². The molecule has 0 aliphatic carbocycles. The van der Waals surface area contributed by atoms with Gasteiger partial charge in [-0.15, -0.1) is 0 Å². The smallest absolute Gasteiger partial charge is 0.285 e. The number of hydrogen-bond donors (Lipinski definition) is 2. The van der Waals surface area contributed by atoms with Crippen LogP contribution in [0.3, 0.4) is 0 Å². The Bertz CT molecular complexity index is 516. The summed E-state index contributed by atoms with van der Waals surface area (Å²) in [4.78, 5) is 22.1. The van der Waals surface area contributed by atoms with E-state index >= 15 is 0 Å². The fraction of sp³-hybridized carbons (Fsp3) is 0.462. The first-order valence-corrected chi connectivity index (χ1v) is 6.51. The lowest BCUT2D eigenvalue weighted by atomic mass is 9.98. The Morgan fingerprint density at radius 2 is 2.15 bits per heavy atom. The summed E-state index contributed by atoms with van der Waals surface area (Å²) < 4.78 is 13.0. The fourth-order valence-corrected chi connectivity index (χ4v) is 2.27. The number of benzene rings is 1. The van der Waals surface area contributed by atoms with Crippen LogP contribution in [0, 0.1) is 21.8 Å². The van der Waals surface area contributed by atoms with Gasteiger partial charge in [-0.2, -0.15) is 0 Å². The molecule has 0 aromatic heterocycles. The summed E-state index contributed by atoms with van der Waals surface area (Å²) >= 11 is 0. The minimum atomic E-state index is -0.747. The van der Waals surface area contributed by atoms with E-state index in [0.29, 0.717) is 12.5 Å². The highest BCUT2D eigenvalue weighted by Gasteiger charge is 2.22. The Balaban J connectivity index is 2.03. The molecule has 0 spiro atoms. The van der Waals surface area contributed by atoms with Crippen molar-refractivity contribution < 1.29 is 14.1 Å². The van der Waals surface area contributed by atoms with Crippen LogP contribution in [0.25, 0.3) is 0 Å². The van der Waals surface area contributed by atoms with E-state index < -0.39 is 22.3 Å². The molecule has 0 atom stereocenters. The zero-order valence-electron chi connectivity index (χ0n) is 10.9. The van der Waals surface area contributed by atoms with Gasteiger partial charge in [-0.1, -0.05) is 0 Å². The first-order valence-electron chi connectivity index (χ1n) is 6.51. The van der Waals surface area contributed by atoms with Gasteiger partial charge in [-0.05, 0) is 44.0 Å². The van der Waals surface area contributed by atoms with Gasteiger partial charge in [0, 0.05) is 6.54 Å². The molecule has 20 heavy (non-hydrogen) atoms. The molecule has 1 aliphatic rings. The van der Waals surface area contributed by atoms with Crippen molar-refractivity contribution in [2.45, 2.75) is 12.8 Å². The third-order valence-corrected chi connectivity index (χ3v) is 3.41. The van der Waals surface area contributed by atoms with Crippen LogP contribution in [0.1, 0.15) is 23.2 Å². The second-order valence-electron chi connectivity index (χ2n) is 4.82. The van der Waals surface area contributed by atoms with Gasteiger partial charge in [0.2, 0.25) is 0 Å². The number of nitrogens with one attached hydrogen (secondary N) is 2. The molecule has 1 aromatic carbocycles. The quantitative estimate of drug-likeness (QED) is 0.646. The van der Waals surface area contributed by atoms with E-state index in [9.17, 15) is 19.3 Å². The topological polar surface area (TPSA) is 84.3 Å². The third kappa shape index (κ3) is 3.51. The van der Waals surface area contributed by atoms with Gasteiger partial charge in [0.1, 0.15) is 11.4 Å². The highest BCUT2D eigenvalue weighted by molar-refractivity contribution is 5.98. The number of halogens is 1. The maximum Gasteiger partial charge on any atom is 0.285 e. The van der Waals surface area contributed by atoms with Crippen LogP contribution in [0.4, 0.5) is 10.1 Å². The van der Waals surface area contributed by atoms with Gasteiger partial charge >= 0.3 is 0 Å². The predicted molar refractivity (Wildman–Crippen MR) is 71.0 cm³/mol. The van der Waals surface area contributed by atoms with Crippen LogP contribution in [0.2, 0.25) is 0 Å². The number of carbonyl (C=O) groups excluding carboxylic acids is 1. The molecule has 0 radical (unpaired) electrons. The minimum absolute atomic E-state index is 0.106. The van der Waals surface area contributed by atoms with Crippen LogP contribution < -0.4 is 10.6 Å². The van der Waals surface area contributed by atoms with Crippen molar-refractivity contribution in [1.82, 2.24) is 10.6 Å². The fourth-order valence-electron chi connectivity index (χ4n) is 2.27. The summed E-state index contributed by atoms with van der Waals surface area (Å²) in [5.74, 6) is -0.887. The predicted octanol–water partition coefficient (Wildman–Crippen LogP) is 1.46. The SMILES string of the molecule is O=C(NCC1CCNCC1)c1ccc(F)cc1[N+](=O)[O-]. The van der Waals surface area contributed by atoms with Crippen molar-refractivity contribution >= 4 is 11.6 Å². The Hall–Kier alpha value is -2.02. The van der Waals surface area contributed by atoms with Crippen molar-refractivity contribution in [2.75, 3.05) is 19.6 Å². The van der Waals surface area contributed by atoms with Crippen molar-refractivity contribution in [3.05, 3.63) is 39.7 Å². The van der Waals surface area contributed by atoms with Gasteiger partial charge in [-0.25, -0.2) is 4.39 Å². The average Bonchev–Trinajstić information content (AvgIpc) is 2.45. The van der Waals surface area contributed by atoms with E-state index in [1.165, 1.54) is 0 Å². The lowest BCUT2D eigenvalue weighted by Crippen LogP contribution is -2.36. The molecule has 0 saturated carbocycles. The number of nitro groups is 1. The molecule has 1 saturated heterocycles. The Morgan fingerprint density at radius 1 is 1.45 bits per heavy atom. The van der Waals surface area contributed by atoms with Crippen molar-refractivity contribution in [2.24, 2.45) is 5.92 Å². The molecule has 0 bridgehead atoms. The first kappa shape index (κ1) is 14.4. The highest BCUT2D eigenvalue weighted by Crippen LogP contribution is 2.20. The molecule has 7 heteroatoms. The van der Waals surface area contributed by atoms with Gasteiger partial charge in [0.05, 0.1) is 11.0 Å². The number of carbonyl (C=O) groups is 1. The van der Waals surface area contributed by atoms with E-state index in [1.54, 1.807) is 0 Å². The normalized spacial score (nSPS) is 15.8. The summed E-state index contributed by atoms with van der Waals surface area (Å²) in [6.45, 7) is 2.31. The lowest BCUT2D eigenvalue weighted by molar-refractivity contribution is -0.385. The molecule has 1 aliphatic heterocycles. The zero-order chi connectivity index (χ0) is 14.5. The van der Waals surface area contributed by atoms with Crippen molar-refractivity contribution in [1.29, 1.82) is 0 Å². The number of amides is 1. The molecule has 0 unspecified atom stereocenters. The van der Waals surface area contributed by atoms with E-state index in [0.717, 1.165) is 44.1 Å². The molecular formula is C13H16FN3O3. The summed E-state index contributed by atoms with van der Waals surface area (Å²) in [6, 6.07) is 2.96. The van der Waals surface area contributed by atoms with Crippen LogP contribution >= 0.6 is 0 Å². The standard InChI is InChI=1S/C13H16FN3O3/c14-10-1-2-11(12(7-10)17(19)20)13(18)16-8-9-3-5-15-6-4-9/h1-2,7,9,15H,3-6,8H2,(H,16,18). The number of nitro benzene ring substituents is 1. The van der Waals surface area contributed by atoms with Crippen LogP contribution in [-0.4, -0.2) is 30.5 Å². The zero-order valence-corrected chi connectivity index (χ0v) is 10.9. The van der Waals surface area contributed by atoms with Crippen LogP contribution in [-0.2, 0) is 0 Å². The monoisotopic (exact) mass is 281 g/mol. The second-order valence-corrected chi connectivity index (χ2v) is 4.82. The lowest BCUT2D eigenvalue weighted by Gasteiger charge is -2.22. The van der Waals surface area contributed by atoms with E-state index in [-0.39, 0.29) is 5.56 Å². The van der Waals surface area contributed by atoms with Gasteiger partial charge in [-0.3, -0.25) is 14.9 Å². The van der Waals surface area contributed by atoms with Gasteiger partial charge in [0.25, 0.3) is 11.6 Å². The molecule has 6 nitrogen and oxygen atoms in total. The molecule has 1 amide bonds. The maximum atomic E-state index is 13.0. The van der Waals surface area contributed by atoms with E-state index in [4.69, 9.17) is 0 Å². The number of piperidine rings is 1. The largest absolute Gasteiger partial charge is 0.352 e. The third-order valence-electron chi connectivity index (χ3n) is 3.41. The maximum absolute atomic E-state index is 13.0. The van der Waals surface area contributed by atoms with Crippen LogP contribution in [0.15, 0.2) is 18.2 Å². The van der Waals surface area contributed by atoms with Gasteiger partial charge < -0.3 is 10.6 Å². The van der Waals surface area contributed by atoms with E-state index in [1.807, 2.05) is 0 Å². The van der Waals surface area contributed by atoms with Crippen molar-refractivity contribution in [3.63, 3.8) is 0 Å². The molecular weight excluding hydrogens is 265 g/mol. The Morgan fingerprint density at radius 3 is 2.80 bits per heavy atom. The Labute approximate surface area is 115 Å².